The summed E-state index contributed by atoms with van der Waals surface area (Å²) < 4.78 is 0. The van der Waals surface area contributed by atoms with Crippen LogP contribution in [0.1, 0.15) is 6.42 Å². The number of carboxylic acid groups (broad SMARTS) is 1. The van der Waals surface area contributed by atoms with Crippen molar-refractivity contribution in [1.29, 1.82) is 0 Å². The lowest BCUT2D eigenvalue weighted by atomic mass is 10.4. The fraction of sp³-hybridized carbons (Fsp3) is 0.500. The number of nitrogens with one attached hydrogen (secondary N) is 1. The molecule has 0 radical (unpaired) electrons. The van der Waals surface area contributed by atoms with Gasteiger partial charge >= 0.3 is 5.97 Å². The van der Waals surface area contributed by atoms with Crippen LogP contribution in [-0.4, -0.2) is 35.0 Å². The molecule has 0 unspecified atom stereocenters. The molecule has 0 saturated heterocycles. The van der Waals surface area contributed by atoms with Crippen molar-refractivity contribution < 1.29 is 14.7 Å². The van der Waals surface area contributed by atoms with Gasteiger partial charge in [-0.2, -0.15) is 0 Å². The Bertz CT molecular complexity index is 194. The van der Waals surface area contributed by atoms with E-state index in [4.69, 9.17) is 5.11 Å². The first-order valence-corrected chi connectivity index (χ1v) is 4.99. The van der Waals surface area contributed by atoms with E-state index in [1.807, 2.05) is 0 Å². The van der Waals surface area contributed by atoms with Crippen LogP contribution in [0.2, 0.25) is 0 Å². The third-order valence-electron chi connectivity index (χ3n) is 1.13. The Labute approximate surface area is 81.4 Å². The molecular formula is C8H13NO3S. The first-order valence-electron chi connectivity index (χ1n) is 3.84. The van der Waals surface area contributed by atoms with Gasteiger partial charge in [-0.05, 0) is 0 Å². The first-order chi connectivity index (χ1) is 6.16. The van der Waals surface area contributed by atoms with Gasteiger partial charge in [0.25, 0.3) is 0 Å². The first kappa shape index (κ1) is 12.0. The highest BCUT2D eigenvalue weighted by atomic mass is 32.2. The van der Waals surface area contributed by atoms with Gasteiger partial charge < -0.3 is 10.4 Å². The van der Waals surface area contributed by atoms with Crippen LogP contribution in [0.15, 0.2) is 12.7 Å². The molecule has 0 spiro atoms. The second-order valence-electron chi connectivity index (χ2n) is 2.30. The lowest BCUT2D eigenvalue weighted by molar-refractivity contribution is -0.136. The van der Waals surface area contributed by atoms with E-state index in [1.54, 1.807) is 6.08 Å². The number of thioether (sulfide) groups is 1. The van der Waals surface area contributed by atoms with Crippen LogP contribution in [-0.2, 0) is 9.59 Å². The van der Waals surface area contributed by atoms with Gasteiger partial charge in [0, 0.05) is 12.3 Å². The van der Waals surface area contributed by atoms with Gasteiger partial charge in [-0.1, -0.05) is 6.08 Å². The minimum absolute atomic E-state index is 0.0299. The SMILES string of the molecule is C=CCSCC(=O)NCCC(=O)O. The maximum Gasteiger partial charge on any atom is 0.305 e. The van der Waals surface area contributed by atoms with Gasteiger partial charge in [0.15, 0.2) is 0 Å². The molecule has 0 atom stereocenters. The standard InChI is InChI=1S/C8H13NO3S/c1-2-5-13-6-7(10)9-4-3-8(11)12/h2H,1,3-6H2,(H,9,10)(H,11,12). The van der Waals surface area contributed by atoms with E-state index in [2.05, 4.69) is 11.9 Å². The molecule has 0 fully saturated rings. The Hall–Kier alpha value is -0.970. The molecule has 0 saturated carbocycles. The van der Waals surface area contributed by atoms with Gasteiger partial charge in [-0.3, -0.25) is 9.59 Å². The van der Waals surface area contributed by atoms with Crippen LogP contribution >= 0.6 is 11.8 Å². The molecule has 74 valence electrons. The summed E-state index contributed by atoms with van der Waals surface area (Å²) in [4.78, 5) is 21.0. The van der Waals surface area contributed by atoms with Crippen LogP contribution < -0.4 is 5.32 Å². The van der Waals surface area contributed by atoms with Gasteiger partial charge in [-0.15, -0.1) is 18.3 Å². The predicted molar refractivity (Wildman–Crippen MR) is 52.8 cm³/mol. The Kier molecular flexibility index (Phi) is 7.10. The minimum Gasteiger partial charge on any atom is -0.481 e. The average Bonchev–Trinajstić information content (AvgIpc) is 2.04. The van der Waals surface area contributed by atoms with Crippen molar-refractivity contribution in [3.05, 3.63) is 12.7 Å². The normalized spacial score (nSPS) is 9.23. The molecule has 4 nitrogen and oxygen atoms in total. The van der Waals surface area contributed by atoms with Crippen molar-refractivity contribution in [3.8, 4) is 0 Å². The van der Waals surface area contributed by atoms with E-state index in [1.165, 1.54) is 11.8 Å². The number of rotatable bonds is 7. The molecule has 0 bridgehead atoms. The zero-order valence-electron chi connectivity index (χ0n) is 7.28. The van der Waals surface area contributed by atoms with Gasteiger partial charge in [0.1, 0.15) is 0 Å². The largest absolute Gasteiger partial charge is 0.481 e. The molecule has 0 aromatic carbocycles. The lowest BCUT2D eigenvalue weighted by Crippen LogP contribution is -2.27. The molecule has 0 aliphatic heterocycles. The van der Waals surface area contributed by atoms with Crippen molar-refractivity contribution in [2.24, 2.45) is 0 Å². The van der Waals surface area contributed by atoms with Crippen molar-refractivity contribution in [3.63, 3.8) is 0 Å². The number of carboxylic acids is 1. The van der Waals surface area contributed by atoms with E-state index >= 15 is 0 Å². The second kappa shape index (κ2) is 7.67. The summed E-state index contributed by atoms with van der Waals surface area (Å²) in [6.07, 6.45) is 1.69. The maximum atomic E-state index is 10.9. The lowest BCUT2D eigenvalue weighted by Gasteiger charge is -2.01. The van der Waals surface area contributed by atoms with Crippen LogP contribution in [0, 0.1) is 0 Å². The summed E-state index contributed by atoms with van der Waals surface area (Å²) in [5, 5.41) is 10.8. The highest BCUT2D eigenvalue weighted by Gasteiger charge is 2.01. The van der Waals surface area contributed by atoms with Crippen LogP contribution in [0.3, 0.4) is 0 Å². The zero-order chi connectivity index (χ0) is 10.1. The Balaban J connectivity index is 3.30. The number of amides is 1. The summed E-state index contributed by atoms with van der Waals surface area (Å²) in [5.74, 6) is 0.0463. The topological polar surface area (TPSA) is 66.4 Å². The van der Waals surface area contributed by atoms with E-state index in [0.717, 1.165) is 5.75 Å². The number of carbonyl (C=O) groups excluding carboxylic acids is 1. The molecule has 1 amide bonds. The smallest absolute Gasteiger partial charge is 0.305 e. The van der Waals surface area contributed by atoms with E-state index in [9.17, 15) is 9.59 Å². The maximum absolute atomic E-state index is 10.9. The zero-order valence-corrected chi connectivity index (χ0v) is 8.10. The van der Waals surface area contributed by atoms with Crippen molar-refractivity contribution in [2.45, 2.75) is 6.42 Å². The molecule has 0 rings (SSSR count). The quantitative estimate of drug-likeness (QED) is 0.467. The summed E-state index contributed by atoms with van der Waals surface area (Å²) in [5.41, 5.74) is 0. The van der Waals surface area contributed by atoms with Gasteiger partial charge in [0.05, 0.1) is 12.2 Å². The molecule has 2 N–H and O–H groups in total. The molecular weight excluding hydrogens is 190 g/mol. The van der Waals surface area contributed by atoms with Crippen molar-refractivity contribution in [1.82, 2.24) is 5.32 Å². The van der Waals surface area contributed by atoms with Gasteiger partial charge in [0.2, 0.25) is 5.91 Å². The van der Waals surface area contributed by atoms with Crippen LogP contribution in [0.5, 0.6) is 0 Å². The highest BCUT2D eigenvalue weighted by molar-refractivity contribution is 8.00. The number of carbonyl (C=O) groups is 2. The molecule has 13 heavy (non-hydrogen) atoms. The fourth-order valence-corrected chi connectivity index (χ4v) is 1.17. The van der Waals surface area contributed by atoms with E-state index in [-0.39, 0.29) is 18.9 Å². The van der Waals surface area contributed by atoms with Crippen molar-refractivity contribution >= 4 is 23.6 Å². The summed E-state index contributed by atoms with van der Waals surface area (Å²) in [6.45, 7) is 3.71. The molecule has 0 aromatic heterocycles. The fourth-order valence-electron chi connectivity index (χ4n) is 0.595. The minimum atomic E-state index is -0.904. The molecule has 0 aliphatic carbocycles. The number of hydrogen-bond donors (Lipinski definition) is 2. The summed E-state index contributed by atoms with van der Waals surface area (Å²) in [7, 11) is 0. The Morgan fingerprint density at radius 2 is 2.23 bits per heavy atom. The molecule has 0 heterocycles. The third kappa shape index (κ3) is 8.94. The van der Waals surface area contributed by atoms with Gasteiger partial charge in [-0.25, -0.2) is 0 Å². The number of aliphatic carboxylic acids is 1. The van der Waals surface area contributed by atoms with E-state index in [0.29, 0.717) is 5.75 Å². The molecule has 0 aromatic rings. The second-order valence-corrected chi connectivity index (χ2v) is 3.33. The Morgan fingerprint density at radius 1 is 1.54 bits per heavy atom. The van der Waals surface area contributed by atoms with Crippen LogP contribution in [0.25, 0.3) is 0 Å². The molecule has 0 aliphatic rings. The van der Waals surface area contributed by atoms with Crippen molar-refractivity contribution in [2.75, 3.05) is 18.1 Å². The third-order valence-corrected chi connectivity index (χ3v) is 2.07. The number of hydrogen-bond acceptors (Lipinski definition) is 3. The van der Waals surface area contributed by atoms with Crippen LogP contribution in [0.4, 0.5) is 0 Å². The summed E-state index contributed by atoms with van der Waals surface area (Å²) >= 11 is 1.44. The summed E-state index contributed by atoms with van der Waals surface area (Å²) in [6, 6.07) is 0. The average molecular weight is 203 g/mol. The molecule has 5 heteroatoms. The Morgan fingerprint density at radius 3 is 2.77 bits per heavy atom. The predicted octanol–water partition coefficient (Wildman–Crippen LogP) is 0.496. The van der Waals surface area contributed by atoms with E-state index < -0.39 is 5.97 Å². The highest BCUT2D eigenvalue weighted by Crippen LogP contribution is 1.97. The monoisotopic (exact) mass is 203 g/mol.